The van der Waals surface area contributed by atoms with Crippen molar-refractivity contribution in [3.8, 4) is 5.75 Å². The third kappa shape index (κ3) is 5.70. The van der Waals surface area contributed by atoms with E-state index in [0.717, 1.165) is 10.0 Å². The maximum Gasteiger partial charge on any atom is 0.292 e. The predicted molar refractivity (Wildman–Crippen MR) is 123 cm³/mol. The number of benzene rings is 2. The largest absolute Gasteiger partial charge is 0.486 e. The molecule has 1 amide bonds. The summed E-state index contributed by atoms with van der Waals surface area (Å²) in [5, 5.41) is 7.99. The quantitative estimate of drug-likeness (QED) is 0.305. The fourth-order valence-electron chi connectivity index (χ4n) is 2.77. The predicted octanol–water partition coefficient (Wildman–Crippen LogP) is 6.43. The second-order valence-electron chi connectivity index (χ2n) is 6.61. The number of aromatic nitrogens is 2. The normalized spacial score (nSPS) is 10.8. The Morgan fingerprint density at radius 1 is 1.06 bits per heavy atom. The van der Waals surface area contributed by atoms with Crippen molar-refractivity contribution >= 4 is 50.9 Å². The van der Waals surface area contributed by atoms with Crippen LogP contribution in [0, 0.1) is 0 Å². The minimum absolute atomic E-state index is 0.137. The van der Waals surface area contributed by atoms with E-state index in [2.05, 4.69) is 26.3 Å². The molecule has 31 heavy (non-hydrogen) atoms. The minimum Gasteiger partial charge on any atom is -0.486 e. The Labute approximate surface area is 196 Å². The third-order valence-electron chi connectivity index (χ3n) is 4.29. The topological polar surface area (TPSA) is 69.3 Å². The number of furan rings is 1. The first kappa shape index (κ1) is 21.5. The first-order chi connectivity index (χ1) is 15.0. The molecule has 2 aromatic heterocycles. The van der Waals surface area contributed by atoms with E-state index >= 15 is 0 Å². The van der Waals surface area contributed by atoms with Crippen LogP contribution in [0.4, 0.5) is 5.82 Å². The smallest absolute Gasteiger partial charge is 0.292 e. The van der Waals surface area contributed by atoms with Gasteiger partial charge in [0.15, 0.2) is 11.6 Å². The zero-order valence-corrected chi connectivity index (χ0v) is 19.1. The highest BCUT2D eigenvalue weighted by atomic mass is 79.9. The number of halogens is 3. The number of amides is 1. The molecule has 0 aliphatic rings. The highest BCUT2D eigenvalue weighted by molar-refractivity contribution is 9.10. The highest BCUT2D eigenvalue weighted by Crippen LogP contribution is 2.22. The molecule has 0 aliphatic heterocycles. The number of hydrogen-bond acceptors (Lipinski definition) is 4. The van der Waals surface area contributed by atoms with Crippen LogP contribution < -0.4 is 10.1 Å². The summed E-state index contributed by atoms with van der Waals surface area (Å²) < 4.78 is 13.8. The van der Waals surface area contributed by atoms with Crippen molar-refractivity contribution in [2.45, 2.75) is 13.2 Å². The number of carbonyl (C=O) groups excluding carboxylic acids is 1. The van der Waals surface area contributed by atoms with E-state index in [9.17, 15) is 4.79 Å². The number of carbonyl (C=O) groups is 1. The molecule has 0 saturated heterocycles. The van der Waals surface area contributed by atoms with E-state index in [-0.39, 0.29) is 18.2 Å². The van der Waals surface area contributed by atoms with Gasteiger partial charge in [-0.15, -0.1) is 0 Å². The molecule has 4 aromatic rings. The van der Waals surface area contributed by atoms with Crippen molar-refractivity contribution in [3.05, 3.63) is 98.5 Å². The Kier molecular flexibility index (Phi) is 6.65. The molecule has 0 bridgehead atoms. The van der Waals surface area contributed by atoms with Crippen LogP contribution in [-0.4, -0.2) is 15.7 Å². The van der Waals surface area contributed by atoms with Crippen molar-refractivity contribution in [1.82, 2.24) is 9.78 Å². The Morgan fingerprint density at radius 2 is 1.81 bits per heavy atom. The van der Waals surface area contributed by atoms with Gasteiger partial charge in [0.25, 0.3) is 5.91 Å². The lowest BCUT2D eigenvalue weighted by atomic mass is 10.2. The average molecular weight is 521 g/mol. The Morgan fingerprint density at radius 3 is 2.55 bits per heavy atom. The molecule has 9 heteroatoms. The van der Waals surface area contributed by atoms with Crippen LogP contribution >= 0.6 is 39.1 Å². The SMILES string of the molecule is O=C(Nc1nn(Cc2ccc(Cl)cc2)cc1Cl)c1ccc(COc2ccc(Br)cc2)o1. The number of nitrogens with one attached hydrogen (secondary N) is 1. The van der Waals surface area contributed by atoms with Gasteiger partial charge < -0.3 is 14.5 Å². The number of ether oxygens (including phenoxy) is 1. The van der Waals surface area contributed by atoms with E-state index in [1.54, 1.807) is 35.1 Å². The lowest BCUT2D eigenvalue weighted by molar-refractivity contribution is 0.0992. The second-order valence-corrected chi connectivity index (χ2v) is 8.37. The van der Waals surface area contributed by atoms with Crippen LogP contribution in [0.15, 0.2) is 75.8 Å². The van der Waals surface area contributed by atoms with E-state index in [0.29, 0.717) is 28.1 Å². The van der Waals surface area contributed by atoms with Crippen molar-refractivity contribution < 1.29 is 13.9 Å². The van der Waals surface area contributed by atoms with E-state index in [4.69, 9.17) is 32.4 Å². The van der Waals surface area contributed by atoms with Crippen LogP contribution in [0.1, 0.15) is 21.9 Å². The monoisotopic (exact) mass is 519 g/mol. The Balaban J connectivity index is 1.36. The molecule has 4 rings (SSSR count). The second kappa shape index (κ2) is 9.60. The fourth-order valence-corrected chi connectivity index (χ4v) is 3.36. The number of hydrogen-bond donors (Lipinski definition) is 1. The molecule has 1 N–H and O–H groups in total. The molecule has 2 aromatic carbocycles. The first-order valence-corrected chi connectivity index (χ1v) is 10.8. The van der Waals surface area contributed by atoms with E-state index < -0.39 is 5.91 Å². The van der Waals surface area contributed by atoms with Gasteiger partial charge in [-0.25, -0.2) is 0 Å². The maximum absolute atomic E-state index is 12.5. The van der Waals surface area contributed by atoms with E-state index in [1.165, 1.54) is 0 Å². The Hall–Kier alpha value is -2.74. The summed E-state index contributed by atoms with van der Waals surface area (Å²) in [6.07, 6.45) is 1.64. The van der Waals surface area contributed by atoms with Gasteiger partial charge in [-0.05, 0) is 54.1 Å². The summed E-state index contributed by atoms with van der Waals surface area (Å²) >= 11 is 15.5. The number of anilines is 1. The van der Waals surface area contributed by atoms with Crippen LogP contribution in [0.3, 0.4) is 0 Å². The zero-order valence-electron chi connectivity index (χ0n) is 16.0. The zero-order chi connectivity index (χ0) is 21.8. The Bertz CT molecular complexity index is 1190. The standard InChI is InChI=1S/C22H16BrCl2N3O3/c23-15-3-7-17(8-4-15)30-13-18-9-10-20(31-18)22(29)26-21-19(25)12-28(27-21)11-14-1-5-16(24)6-2-14/h1-10,12H,11,13H2,(H,26,27,29). The molecular weight excluding hydrogens is 505 g/mol. The fraction of sp³-hybridized carbons (Fsp3) is 0.0909. The lowest BCUT2D eigenvalue weighted by Gasteiger charge is -2.04. The molecule has 6 nitrogen and oxygen atoms in total. The van der Waals surface area contributed by atoms with Crippen LogP contribution in [-0.2, 0) is 13.2 Å². The lowest BCUT2D eigenvalue weighted by Crippen LogP contribution is -2.12. The summed E-state index contributed by atoms with van der Waals surface area (Å²) in [5.74, 6) is 1.16. The van der Waals surface area contributed by atoms with Gasteiger partial charge in [-0.2, -0.15) is 5.10 Å². The van der Waals surface area contributed by atoms with Crippen LogP contribution in [0.5, 0.6) is 5.75 Å². The summed E-state index contributed by atoms with van der Waals surface area (Å²) in [6.45, 7) is 0.691. The molecule has 0 spiro atoms. The van der Waals surface area contributed by atoms with Crippen molar-refractivity contribution in [3.63, 3.8) is 0 Å². The number of nitrogens with zero attached hydrogens (tertiary/aromatic N) is 2. The molecule has 158 valence electrons. The summed E-state index contributed by atoms with van der Waals surface area (Å²) in [5.41, 5.74) is 1.00. The van der Waals surface area contributed by atoms with E-state index in [1.807, 2.05) is 36.4 Å². The third-order valence-corrected chi connectivity index (χ3v) is 5.34. The summed E-state index contributed by atoms with van der Waals surface area (Å²) in [7, 11) is 0. The van der Waals surface area contributed by atoms with Crippen molar-refractivity contribution in [2.24, 2.45) is 0 Å². The number of rotatable bonds is 7. The summed E-state index contributed by atoms with van der Waals surface area (Å²) in [6, 6.07) is 18.1. The van der Waals surface area contributed by atoms with Gasteiger partial charge in [-0.1, -0.05) is 51.3 Å². The molecule has 2 heterocycles. The molecule has 0 saturated carbocycles. The molecule has 0 atom stereocenters. The van der Waals surface area contributed by atoms with Gasteiger partial charge in [0.2, 0.25) is 0 Å². The van der Waals surface area contributed by atoms with Gasteiger partial charge in [0, 0.05) is 15.7 Å². The molecule has 0 unspecified atom stereocenters. The van der Waals surface area contributed by atoms with Crippen LogP contribution in [0.25, 0.3) is 0 Å². The minimum atomic E-state index is -0.450. The van der Waals surface area contributed by atoms with Crippen LogP contribution in [0.2, 0.25) is 10.0 Å². The maximum atomic E-state index is 12.5. The van der Waals surface area contributed by atoms with Gasteiger partial charge in [-0.3, -0.25) is 9.48 Å². The van der Waals surface area contributed by atoms with Gasteiger partial charge >= 0.3 is 0 Å². The van der Waals surface area contributed by atoms with Crippen molar-refractivity contribution in [1.29, 1.82) is 0 Å². The molecule has 0 aliphatic carbocycles. The molecule has 0 radical (unpaired) electrons. The van der Waals surface area contributed by atoms with Crippen molar-refractivity contribution in [2.75, 3.05) is 5.32 Å². The summed E-state index contributed by atoms with van der Waals surface area (Å²) in [4.78, 5) is 12.5. The van der Waals surface area contributed by atoms with Gasteiger partial charge in [0.1, 0.15) is 23.1 Å². The van der Waals surface area contributed by atoms with Gasteiger partial charge in [0.05, 0.1) is 6.54 Å². The first-order valence-electron chi connectivity index (χ1n) is 9.22. The highest BCUT2D eigenvalue weighted by Gasteiger charge is 2.16. The molecule has 0 fully saturated rings. The average Bonchev–Trinajstić information content (AvgIpc) is 3.36. The molecular formula is C22H16BrCl2N3O3.